The first-order chi connectivity index (χ1) is 12.3. The SMILES string of the molecule is O=C(c1ccc(-c2cc3c(cc2CO)OCCO3)cc1)C1CCCO1. The molecular weight excluding hydrogens is 320 g/mol. The lowest BCUT2D eigenvalue weighted by Crippen LogP contribution is -2.19. The van der Waals surface area contributed by atoms with Gasteiger partial charge in [-0.15, -0.1) is 0 Å². The number of aliphatic hydroxyl groups excluding tert-OH is 1. The summed E-state index contributed by atoms with van der Waals surface area (Å²) in [6.07, 6.45) is 1.41. The molecule has 0 aromatic heterocycles. The molecule has 0 bridgehead atoms. The van der Waals surface area contributed by atoms with Gasteiger partial charge in [-0.1, -0.05) is 24.3 Å². The Hall–Kier alpha value is -2.37. The normalized spacial score (nSPS) is 19.0. The highest BCUT2D eigenvalue weighted by Crippen LogP contribution is 2.37. The molecule has 0 spiro atoms. The standard InChI is InChI=1S/C20H20O5/c21-12-15-10-18-19(25-9-8-24-18)11-16(15)13-3-5-14(6-4-13)20(22)17-2-1-7-23-17/h3-6,10-11,17,21H,1-2,7-9,12H2. The van der Waals surface area contributed by atoms with E-state index in [1.54, 1.807) is 0 Å². The molecule has 1 fully saturated rings. The molecule has 2 heterocycles. The lowest BCUT2D eigenvalue weighted by atomic mass is 9.96. The number of ether oxygens (including phenoxy) is 3. The minimum Gasteiger partial charge on any atom is -0.486 e. The maximum Gasteiger partial charge on any atom is 0.191 e. The van der Waals surface area contributed by atoms with Crippen LogP contribution in [0.1, 0.15) is 28.8 Å². The van der Waals surface area contributed by atoms with E-state index in [0.29, 0.717) is 36.9 Å². The molecule has 0 saturated carbocycles. The fourth-order valence-electron chi connectivity index (χ4n) is 3.31. The van der Waals surface area contributed by atoms with Crippen LogP contribution in [0.2, 0.25) is 0 Å². The minimum absolute atomic E-state index is 0.0357. The van der Waals surface area contributed by atoms with E-state index >= 15 is 0 Å². The van der Waals surface area contributed by atoms with Gasteiger partial charge in [0.15, 0.2) is 17.3 Å². The highest BCUT2D eigenvalue weighted by Gasteiger charge is 2.24. The molecule has 2 aliphatic rings. The number of hydrogen-bond donors (Lipinski definition) is 1. The summed E-state index contributed by atoms with van der Waals surface area (Å²) < 4.78 is 16.7. The summed E-state index contributed by atoms with van der Waals surface area (Å²) in [4.78, 5) is 12.4. The fraction of sp³-hybridized carbons (Fsp3) is 0.350. The first-order valence-corrected chi connectivity index (χ1v) is 8.56. The highest BCUT2D eigenvalue weighted by atomic mass is 16.6. The van der Waals surface area contributed by atoms with Gasteiger partial charge in [0.1, 0.15) is 19.3 Å². The van der Waals surface area contributed by atoms with Crippen molar-refractivity contribution in [1.29, 1.82) is 0 Å². The molecule has 1 unspecified atom stereocenters. The summed E-state index contributed by atoms with van der Waals surface area (Å²) >= 11 is 0. The van der Waals surface area contributed by atoms with Crippen molar-refractivity contribution in [3.63, 3.8) is 0 Å². The van der Waals surface area contributed by atoms with Gasteiger partial charge in [-0.25, -0.2) is 0 Å². The summed E-state index contributed by atoms with van der Waals surface area (Å²) in [6, 6.07) is 11.1. The van der Waals surface area contributed by atoms with Crippen molar-refractivity contribution in [3.8, 4) is 22.6 Å². The first kappa shape index (κ1) is 16.1. The number of aliphatic hydroxyl groups is 1. The number of benzene rings is 2. The summed E-state index contributed by atoms with van der Waals surface area (Å²) in [5.41, 5.74) is 3.22. The first-order valence-electron chi connectivity index (χ1n) is 8.56. The summed E-state index contributed by atoms with van der Waals surface area (Å²) in [5, 5.41) is 9.70. The van der Waals surface area contributed by atoms with Crippen molar-refractivity contribution < 1.29 is 24.1 Å². The van der Waals surface area contributed by atoms with Gasteiger partial charge in [-0.2, -0.15) is 0 Å². The topological polar surface area (TPSA) is 65.0 Å². The lowest BCUT2D eigenvalue weighted by Gasteiger charge is -2.21. The average Bonchev–Trinajstić information content (AvgIpc) is 3.21. The second kappa shape index (κ2) is 6.86. The van der Waals surface area contributed by atoms with E-state index in [0.717, 1.165) is 29.5 Å². The zero-order valence-corrected chi connectivity index (χ0v) is 13.9. The Labute approximate surface area is 146 Å². The van der Waals surface area contributed by atoms with E-state index in [1.807, 2.05) is 36.4 Å². The Morgan fingerprint density at radius 2 is 1.76 bits per heavy atom. The number of carbonyl (C=O) groups is 1. The van der Waals surface area contributed by atoms with Crippen LogP contribution in [0.15, 0.2) is 36.4 Å². The van der Waals surface area contributed by atoms with Crippen LogP contribution >= 0.6 is 0 Å². The van der Waals surface area contributed by atoms with E-state index in [4.69, 9.17) is 14.2 Å². The van der Waals surface area contributed by atoms with Crippen molar-refractivity contribution in [2.75, 3.05) is 19.8 Å². The molecule has 0 aliphatic carbocycles. The number of fused-ring (bicyclic) bond motifs is 1. The highest BCUT2D eigenvalue weighted by molar-refractivity contribution is 6.00. The van der Waals surface area contributed by atoms with Gasteiger partial charge in [0.2, 0.25) is 0 Å². The van der Waals surface area contributed by atoms with Gasteiger partial charge < -0.3 is 19.3 Å². The second-order valence-corrected chi connectivity index (χ2v) is 6.25. The van der Waals surface area contributed by atoms with Crippen LogP contribution in [-0.2, 0) is 11.3 Å². The summed E-state index contributed by atoms with van der Waals surface area (Å²) in [5.74, 6) is 1.37. The molecule has 2 aromatic rings. The Morgan fingerprint density at radius 3 is 2.40 bits per heavy atom. The number of rotatable bonds is 4. The summed E-state index contributed by atoms with van der Waals surface area (Å²) in [7, 11) is 0. The molecule has 130 valence electrons. The van der Waals surface area contributed by atoms with Crippen LogP contribution in [0.25, 0.3) is 11.1 Å². The third kappa shape index (κ3) is 3.13. The van der Waals surface area contributed by atoms with Crippen LogP contribution in [-0.4, -0.2) is 36.8 Å². The van der Waals surface area contributed by atoms with E-state index in [1.165, 1.54) is 0 Å². The van der Waals surface area contributed by atoms with E-state index in [-0.39, 0.29) is 18.5 Å². The predicted molar refractivity (Wildman–Crippen MR) is 92.1 cm³/mol. The molecule has 2 aliphatic heterocycles. The molecule has 5 nitrogen and oxygen atoms in total. The molecule has 1 saturated heterocycles. The predicted octanol–water partition coefficient (Wildman–Crippen LogP) is 2.98. The van der Waals surface area contributed by atoms with E-state index < -0.39 is 0 Å². The molecule has 2 aromatic carbocycles. The summed E-state index contributed by atoms with van der Waals surface area (Å²) in [6.45, 7) is 1.59. The number of hydrogen-bond acceptors (Lipinski definition) is 5. The van der Waals surface area contributed by atoms with Crippen molar-refractivity contribution >= 4 is 5.78 Å². The third-order valence-electron chi connectivity index (χ3n) is 4.64. The second-order valence-electron chi connectivity index (χ2n) is 6.25. The molecular formula is C20H20O5. The van der Waals surface area contributed by atoms with Gasteiger partial charge in [-0.05, 0) is 41.7 Å². The number of ketones is 1. The molecule has 0 amide bonds. The zero-order valence-electron chi connectivity index (χ0n) is 13.9. The molecule has 4 rings (SSSR count). The maximum absolute atomic E-state index is 12.4. The Bertz CT molecular complexity index is 775. The minimum atomic E-state index is -0.312. The van der Waals surface area contributed by atoms with Crippen LogP contribution in [0, 0.1) is 0 Å². The quantitative estimate of drug-likeness (QED) is 0.867. The molecule has 1 N–H and O–H groups in total. The third-order valence-corrected chi connectivity index (χ3v) is 4.64. The largest absolute Gasteiger partial charge is 0.486 e. The van der Waals surface area contributed by atoms with Gasteiger partial charge in [-0.3, -0.25) is 4.79 Å². The van der Waals surface area contributed by atoms with Gasteiger partial charge in [0, 0.05) is 12.2 Å². The molecule has 0 radical (unpaired) electrons. The fourth-order valence-corrected chi connectivity index (χ4v) is 3.31. The van der Waals surface area contributed by atoms with Crippen molar-refractivity contribution in [2.24, 2.45) is 0 Å². The molecule has 25 heavy (non-hydrogen) atoms. The maximum atomic E-state index is 12.4. The Balaban J connectivity index is 1.64. The van der Waals surface area contributed by atoms with E-state index in [9.17, 15) is 9.90 Å². The average molecular weight is 340 g/mol. The van der Waals surface area contributed by atoms with Crippen LogP contribution < -0.4 is 9.47 Å². The molecule has 1 atom stereocenters. The van der Waals surface area contributed by atoms with E-state index in [2.05, 4.69) is 0 Å². The smallest absolute Gasteiger partial charge is 0.191 e. The Morgan fingerprint density at radius 1 is 1.04 bits per heavy atom. The van der Waals surface area contributed by atoms with Crippen molar-refractivity contribution in [1.82, 2.24) is 0 Å². The van der Waals surface area contributed by atoms with Crippen LogP contribution in [0.4, 0.5) is 0 Å². The number of carbonyl (C=O) groups excluding carboxylic acids is 1. The van der Waals surface area contributed by atoms with Crippen LogP contribution in [0.3, 0.4) is 0 Å². The lowest BCUT2D eigenvalue weighted by molar-refractivity contribution is 0.0643. The Kier molecular flexibility index (Phi) is 4.42. The van der Waals surface area contributed by atoms with Gasteiger partial charge in [0.25, 0.3) is 0 Å². The number of Topliss-reactive ketones (excluding diaryl/α,β-unsaturated/α-hetero) is 1. The van der Waals surface area contributed by atoms with Gasteiger partial charge >= 0.3 is 0 Å². The van der Waals surface area contributed by atoms with Crippen molar-refractivity contribution in [3.05, 3.63) is 47.5 Å². The van der Waals surface area contributed by atoms with Crippen molar-refractivity contribution in [2.45, 2.75) is 25.6 Å². The zero-order chi connectivity index (χ0) is 17.2. The van der Waals surface area contributed by atoms with Crippen LogP contribution in [0.5, 0.6) is 11.5 Å². The molecule has 5 heteroatoms. The monoisotopic (exact) mass is 340 g/mol. The van der Waals surface area contributed by atoms with Gasteiger partial charge in [0.05, 0.1) is 6.61 Å².